The van der Waals surface area contributed by atoms with Crippen molar-refractivity contribution in [1.29, 1.82) is 0 Å². The molecule has 0 aliphatic heterocycles. The number of rotatable bonds is 5. The molecule has 0 atom stereocenters. The molecule has 31 heavy (non-hydrogen) atoms. The molecule has 0 radical (unpaired) electrons. The molecule has 0 saturated heterocycles. The molecule has 158 valence electrons. The fourth-order valence-corrected chi connectivity index (χ4v) is 2.91. The van der Waals surface area contributed by atoms with Gasteiger partial charge in [-0.05, 0) is 42.5 Å². The zero-order valence-electron chi connectivity index (χ0n) is 16.1. The second-order valence-electron chi connectivity index (χ2n) is 6.26. The van der Waals surface area contributed by atoms with E-state index in [1.165, 1.54) is 49.6 Å². The first-order valence-electron chi connectivity index (χ1n) is 8.84. The molecule has 1 heterocycles. The average molecular weight is 460 g/mol. The molecule has 0 bridgehead atoms. The fraction of sp³-hybridized carbons (Fsp3) is 0.0476. The van der Waals surface area contributed by atoms with E-state index in [1.54, 1.807) is 6.07 Å². The van der Waals surface area contributed by atoms with Gasteiger partial charge in [0.1, 0.15) is 17.5 Å². The molecule has 0 fully saturated rings. The van der Waals surface area contributed by atoms with Gasteiger partial charge in [-0.25, -0.2) is 9.37 Å². The van der Waals surface area contributed by atoms with E-state index < -0.39 is 17.6 Å². The van der Waals surface area contributed by atoms with Crippen LogP contribution in [-0.4, -0.2) is 29.7 Å². The predicted molar refractivity (Wildman–Crippen MR) is 120 cm³/mol. The van der Waals surface area contributed by atoms with Crippen molar-refractivity contribution in [2.45, 2.75) is 0 Å². The van der Waals surface area contributed by atoms with E-state index in [-0.39, 0.29) is 33.5 Å². The van der Waals surface area contributed by atoms with Crippen molar-refractivity contribution in [1.82, 2.24) is 4.98 Å². The number of aromatic nitrogens is 1. The lowest BCUT2D eigenvalue weighted by molar-refractivity contribution is 0.102. The van der Waals surface area contributed by atoms with E-state index >= 15 is 0 Å². The number of carbonyl (C=O) groups excluding carboxylic acids is 2. The molecule has 3 aromatic rings. The standard InChI is InChI=1S/C21H16Cl2FN5O2/c1-26-19(25)11-2-5-14(16(24)8-11)20(30)28-17-6-3-12(22)9-15(17)21(31)29-18-7-4-13(23)10-27-18/h2-10H,1H3,(H2,25,26)(H,28,30)(H,27,29,31). The van der Waals surface area contributed by atoms with Gasteiger partial charge in [0.2, 0.25) is 0 Å². The lowest BCUT2D eigenvalue weighted by Gasteiger charge is -2.13. The van der Waals surface area contributed by atoms with Gasteiger partial charge in [0.25, 0.3) is 11.8 Å². The number of anilines is 2. The van der Waals surface area contributed by atoms with Gasteiger partial charge >= 0.3 is 0 Å². The quantitative estimate of drug-likeness (QED) is 0.388. The summed E-state index contributed by atoms with van der Waals surface area (Å²) in [5.41, 5.74) is 5.99. The van der Waals surface area contributed by atoms with Gasteiger partial charge in [-0.3, -0.25) is 14.6 Å². The third kappa shape index (κ3) is 5.36. The van der Waals surface area contributed by atoms with Crippen LogP contribution >= 0.6 is 23.2 Å². The van der Waals surface area contributed by atoms with Crippen LogP contribution in [0.15, 0.2) is 59.7 Å². The van der Waals surface area contributed by atoms with Crippen LogP contribution < -0.4 is 16.4 Å². The Balaban J connectivity index is 1.86. The minimum absolute atomic E-state index is 0.0667. The van der Waals surface area contributed by atoms with Crippen LogP contribution in [0.2, 0.25) is 10.0 Å². The summed E-state index contributed by atoms with van der Waals surface area (Å²) in [5, 5.41) is 5.80. The summed E-state index contributed by atoms with van der Waals surface area (Å²) in [7, 11) is 1.47. The largest absolute Gasteiger partial charge is 0.384 e. The number of hydrogen-bond acceptors (Lipinski definition) is 4. The van der Waals surface area contributed by atoms with E-state index in [9.17, 15) is 14.0 Å². The number of aliphatic imine (C=N–C) groups is 1. The van der Waals surface area contributed by atoms with Crippen LogP contribution in [0.5, 0.6) is 0 Å². The van der Waals surface area contributed by atoms with Crippen molar-refractivity contribution in [3.8, 4) is 0 Å². The second kappa shape index (κ2) is 9.55. The molecule has 3 rings (SSSR count). The molecule has 0 aliphatic carbocycles. The molecule has 0 spiro atoms. The van der Waals surface area contributed by atoms with E-state index in [2.05, 4.69) is 20.6 Å². The Hall–Kier alpha value is -3.49. The van der Waals surface area contributed by atoms with Crippen molar-refractivity contribution < 1.29 is 14.0 Å². The maximum Gasteiger partial charge on any atom is 0.258 e. The first-order valence-corrected chi connectivity index (χ1v) is 9.60. The van der Waals surface area contributed by atoms with Gasteiger partial charge in [0.05, 0.1) is 21.8 Å². The molecule has 7 nitrogen and oxygen atoms in total. The number of nitrogens with two attached hydrogens (primary N) is 1. The Labute approximate surface area is 187 Å². The molecular formula is C21H16Cl2FN5O2. The number of nitrogens with one attached hydrogen (secondary N) is 2. The molecular weight excluding hydrogens is 444 g/mol. The molecule has 2 amide bonds. The van der Waals surface area contributed by atoms with Gasteiger partial charge in [-0.15, -0.1) is 0 Å². The predicted octanol–water partition coefficient (Wildman–Crippen LogP) is 4.37. The highest BCUT2D eigenvalue weighted by Crippen LogP contribution is 2.23. The van der Waals surface area contributed by atoms with Crippen molar-refractivity contribution in [2.75, 3.05) is 17.7 Å². The minimum atomic E-state index is -0.785. The van der Waals surface area contributed by atoms with Crippen LogP contribution in [0, 0.1) is 5.82 Å². The molecule has 10 heteroatoms. The lowest BCUT2D eigenvalue weighted by Crippen LogP contribution is -2.20. The van der Waals surface area contributed by atoms with Gasteiger partial charge in [-0.1, -0.05) is 29.3 Å². The molecule has 1 aromatic heterocycles. The number of nitrogens with zero attached hydrogens (tertiary/aromatic N) is 2. The van der Waals surface area contributed by atoms with Gasteiger partial charge in [0.15, 0.2) is 0 Å². The fourth-order valence-electron chi connectivity index (χ4n) is 2.62. The normalized spacial score (nSPS) is 11.2. The van der Waals surface area contributed by atoms with E-state index in [0.29, 0.717) is 10.6 Å². The minimum Gasteiger partial charge on any atom is -0.384 e. The van der Waals surface area contributed by atoms with Crippen molar-refractivity contribution in [2.24, 2.45) is 10.7 Å². The highest BCUT2D eigenvalue weighted by atomic mass is 35.5. The van der Waals surface area contributed by atoms with Gasteiger partial charge in [-0.2, -0.15) is 0 Å². The van der Waals surface area contributed by atoms with Gasteiger partial charge in [0, 0.05) is 23.8 Å². The van der Waals surface area contributed by atoms with Crippen LogP contribution in [0.3, 0.4) is 0 Å². The summed E-state index contributed by atoms with van der Waals surface area (Å²) in [6.07, 6.45) is 1.38. The highest BCUT2D eigenvalue weighted by molar-refractivity contribution is 6.31. The first kappa shape index (κ1) is 22.2. The Bertz CT molecular complexity index is 1180. The van der Waals surface area contributed by atoms with E-state index in [4.69, 9.17) is 28.9 Å². The third-order valence-corrected chi connectivity index (χ3v) is 4.65. The number of amides is 2. The van der Waals surface area contributed by atoms with E-state index in [0.717, 1.165) is 6.07 Å². The Kier molecular flexibility index (Phi) is 6.84. The molecule has 4 N–H and O–H groups in total. The highest BCUT2D eigenvalue weighted by Gasteiger charge is 2.18. The Morgan fingerprint density at radius 2 is 1.68 bits per heavy atom. The van der Waals surface area contributed by atoms with Crippen molar-refractivity contribution >= 4 is 52.4 Å². The SMILES string of the molecule is CN=C(N)c1ccc(C(=O)Nc2ccc(Cl)cc2C(=O)Nc2ccc(Cl)cn2)c(F)c1. The first-order chi connectivity index (χ1) is 14.8. The molecule has 0 unspecified atom stereocenters. The number of hydrogen-bond donors (Lipinski definition) is 3. The monoisotopic (exact) mass is 459 g/mol. The maximum absolute atomic E-state index is 14.5. The average Bonchev–Trinajstić information content (AvgIpc) is 2.75. The summed E-state index contributed by atoms with van der Waals surface area (Å²) in [5.74, 6) is -1.72. The lowest BCUT2D eigenvalue weighted by atomic mass is 10.1. The zero-order chi connectivity index (χ0) is 22.5. The summed E-state index contributed by atoms with van der Waals surface area (Å²) >= 11 is 11.8. The Morgan fingerprint density at radius 1 is 0.968 bits per heavy atom. The number of amidine groups is 1. The Morgan fingerprint density at radius 3 is 2.32 bits per heavy atom. The summed E-state index contributed by atoms with van der Waals surface area (Å²) < 4.78 is 14.5. The third-order valence-electron chi connectivity index (χ3n) is 4.19. The molecule has 0 saturated carbocycles. The number of carbonyl (C=O) groups is 2. The van der Waals surface area contributed by atoms with Crippen LogP contribution in [-0.2, 0) is 0 Å². The summed E-state index contributed by atoms with van der Waals surface area (Å²) in [6, 6.07) is 11.3. The molecule has 0 aliphatic rings. The number of halogens is 3. The van der Waals surface area contributed by atoms with Gasteiger partial charge < -0.3 is 16.4 Å². The van der Waals surface area contributed by atoms with Crippen LogP contribution in [0.1, 0.15) is 26.3 Å². The topological polar surface area (TPSA) is 109 Å². The number of pyridine rings is 1. The maximum atomic E-state index is 14.5. The number of benzene rings is 2. The molecule has 2 aromatic carbocycles. The van der Waals surface area contributed by atoms with Crippen LogP contribution in [0.25, 0.3) is 0 Å². The summed E-state index contributed by atoms with van der Waals surface area (Å²) in [6.45, 7) is 0. The van der Waals surface area contributed by atoms with E-state index in [1.807, 2.05) is 0 Å². The smallest absolute Gasteiger partial charge is 0.258 e. The second-order valence-corrected chi connectivity index (χ2v) is 7.14. The van der Waals surface area contributed by atoms with Crippen molar-refractivity contribution in [3.63, 3.8) is 0 Å². The summed E-state index contributed by atoms with van der Waals surface area (Å²) in [4.78, 5) is 33.1. The van der Waals surface area contributed by atoms with Crippen molar-refractivity contribution in [3.05, 3.63) is 87.3 Å². The zero-order valence-corrected chi connectivity index (χ0v) is 17.6. The van der Waals surface area contributed by atoms with Crippen LogP contribution in [0.4, 0.5) is 15.9 Å².